The largest absolute Gasteiger partial charge is 0.392 e. The average Bonchev–Trinajstić information content (AvgIpc) is 2.75. The predicted molar refractivity (Wildman–Crippen MR) is 83.1 cm³/mol. The molecule has 0 atom stereocenters. The van der Waals surface area contributed by atoms with Crippen LogP contribution in [-0.4, -0.2) is 22.9 Å². The highest BCUT2D eigenvalue weighted by molar-refractivity contribution is 6.31. The fourth-order valence-corrected chi connectivity index (χ4v) is 2.40. The van der Waals surface area contributed by atoms with E-state index in [4.69, 9.17) is 16.3 Å². The second kappa shape index (κ2) is 7.11. The summed E-state index contributed by atoms with van der Waals surface area (Å²) in [6.07, 6.45) is 3.06. The van der Waals surface area contributed by atoms with Gasteiger partial charge in [0.2, 0.25) is 0 Å². The Morgan fingerprint density at radius 3 is 2.80 bits per heavy atom. The molecule has 0 unspecified atom stereocenters. The van der Waals surface area contributed by atoms with Crippen LogP contribution in [0.1, 0.15) is 25.8 Å². The van der Waals surface area contributed by atoms with Crippen molar-refractivity contribution in [3.05, 3.63) is 35.0 Å². The minimum absolute atomic E-state index is 0.0410. The van der Waals surface area contributed by atoms with Gasteiger partial charge in [-0.15, -0.1) is 0 Å². The Labute approximate surface area is 125 Å². The Morgan fingerprint density at radius 2 is 2.10 bits per heavy atom. The first-order valence-corrected chi connectivity index (χ1v) is 7.45. The molecule has 0 saturated carbocycles. The molecule has 0 radical (unpaired) electrons. The van der Waals surface area contributed by atoms with Crippen molar-refractivity contribution >= 4 is 22.5 Å². The van der Waals surface area contributed by atoms with Gasteiger partial charge in [0.1, 0.15) is 0 Å². The van der Waals surface area contributed by atoms with E-state index in [0.29, 0.717) is 17.5 Å². The van der Waals surface area contributed by atoms with E-state index in [1.54, 1.807) is 0 Å². The van der Waals surface area contributed by atoms with Crippen LogP contribution in [0.4, 0.5) is 0 Å². The molecule has 0 amide bonds. The normalized spacial score (nSPS) is 11.7. The van der Waals surface area contributed by atoms with E-state index in [1.807, 2.05) is 24.4 Å². The summed E-state index contributed by atoms with van der Waals surface area (Å²) in [5, 5.41) is 11.2. The number of hydrogen-bond donors (Lipinski definition) is 1. The van der Waals surface area contributed by atoms with E-state index in [-0.39, 0.29) is 6.61 Å². The molecule has 0 aliphatic rings. The fourth-order valence-electron chi connectivity index (χ4n) is 2.24. The maximum Gasteiger partial charge on any atom is 0.0702 e. The van der Waals surface area contributed by atoms with Gasteiger partial charge in [-0.05, 0) is 24.5 Å². The van der Waals surface area contributed by atoms with E-state index in [2.05, 4.69) is 18.4 Å². The minimum atomic E-state index is 0.0410. The lowest BCUT2D eigenvalue weighted by Gasteiger charge is -2.08. The number of fused-ring (bicyclic) bond motifs is 1. The third-order valence-corrected chi connectivity index (χ3v) is 3.65. The zero-order valence-corrected chi connectivity index (χ0v) is 12.9. The van der Waals surface area contributed by atoms with Crippen LogP contribution in [-0.2, 0) is 17.9 Å². The maximum atomic E-state index is 9.41. The molecule has 2 aromatic rings. The first kappa shape index (κ1) is 15.4. The van der Waals surface area contributed by atoms with Crippen molar-refractivity contribution in [3.8, 4) is 0 Å². The Morgan fingerprint density at radius 1 is 1.30 bits per heavy atom. The standard InChI is InChI=1S/C16H22ClNO2/c1-12(2)5-7-20-8-6-18-10-13(11-19)15-4-3-14(17)9-16(15)18/h3-4,9-10,12,19H,5-8,11H2,1-2H3. The van der Waals surface area contributed by atoms with Crippen LogP contribution in [0.5, 0.6) is 0 Å². The lowest BCUT2D eigenvalue weighted by molar-refractivity contribution is 0.117. The predicted octanol–water partition coefficient (Wildman–Crippen LogP) is 3.85. The second-order valence-corrected chi connectivity index (χ2v) is 5.90. The van der Waals surface area contributed by atoms with Gasteiger partial charge >= 0.3 is 0 Å². The van der Waals surface area contributed by atoms with Gasteiger partial charge < -0.3 is 14.4 Å². The topological polar surface area (TPSA) is 34.4 Å². The zero-order valence-electron chi connectivity index (χ0n) is 12.1. The molecule has 1 N–H and O–H groups in total. The van der Waals surface area contributed by atoms with Crippen LogP contribution in [0.2, 0.25) is 5.02 Å². The Bertz CT molecular complexity index is 563. The number of nitrogens with zero attached hydrogens (tertiary/aromatic N) is 1. The van der Waals surface area contributed by atoms with Crippen LogP contribution in [0.25, 0.3) is 10.9 Å². The molecule has 0 saturated heterocycles. The summed E-state index contributed by atoms with van der Waals surface area (Å²) in [5.41, 5.74) is 1.98. The molecule has 0 aliphatic heterocycles. The highest BCUT2D eigenvalue weighted by Crippen LogP contribution is 2.24. The summed E-state index contributed by atoms with van der Waals surface area (Å²) >= 11 is 6.05. The van der Waals surface area contributed by atoms with Gasteiger partial charge in [0.25, 0.3) is 0 Å². The summed E-state index contributed by atoms with van der Waals surface area (Å²) in [6, 6.07) is 5.75. The smallest absolute Gasteiger partial charge is 0.0702 e. The van der Waals surface area contributed by atoms with Gasteiger partial charge in [-0.3, -0.25) is 0 Å². The Kier molecular flexibility index (Phi) is 5.46. The number of ether oxygens (including phenoxy) is 1. The van der Waals surface area contributed by atoms with Gasteiger partial charge in [-0.25, -0.2) is 0 Å². The van der Waals surface area contributed by atoms with E-state index in [9.17, 15) is 5.11 Å². The summed E-state index contributed by atoms with van der Waals surface area (Å²) in [7, 11) is 0. The number of aliphatic hydroxyl groups is 1. The molecule has 1 aromatic carbocycles. The molecule has 0 aliphatic carbocycles. The molecular formula is C16H22ClNO2. The fraction of sp³-hybridized carbons (Fsp3) is 0.500. The molecular weight excluding hydrogens is 274 g/mol. The van der Waals surface area contributed by atoms with Crippen LogP contribution in [0.15, 0.2) is 24.4 Å². The van der Waals surface area contributed by atoms with Crippen molar-refractivity contribution in [3.63, 3.8) is 0 Å². The molecule has 0 bridgehead atoms. The van der Waals surface area contributed by atoms with E-state index in [0.717, 1.165) is 36.0 Å². The minimum Gasteiger partial charge on any atom is -0.392 e. The third-order valence-electron chi connectivity index (χ3n) is 3.41. The summed E-state index contributed by atoms with van der Waals surface area (Å²) in [4.78, 5) is 0. The van der Waals surface area contributed by atoms with Crippen molar-refractivity contribution in [2.75, 3.05) is 13.2 Å². The van der Waals surface area contributed by atoms with Gasteiger partial charge in [-0.2, -0.15) is 0 Å². The van der Waals surface area contributed by atoms with Crippen molar-refractivity contribution in [2.45, 2.75) is 33.4 Å². The van der Waals surface area contributed by atoms with Crippen molar-refractivity contribution < 1.29 is 9.84 Å². The van der Waals surface area contributed by atoms with E-state index in [1.165, 1.54) is 0 Å². The summed E-state index contributed by atoms with van der Waals surface area (Å²) in [6.45, 7) is 6.67. The highest BCUT2D eigenvalue weighted by Gasteiger charge is 2.08. The molecule has 1 aromatic heterocycles. The van der Waals surface area contributed by atoms with Crippen LogP contribution in [0.3, 0.4) is 0 Å². The molecule has 4 heteroatoms. The SMILES string of the molecule is CC(C)CCOCCn1cc(CO)c2ccc(Cl)cc21. The van der Waals surface area contributed by atoms with Crippen LogP contribution in [0, 0.1) is 5.92 Å². The first-order chi connectivity index (χ1) is 9.61. The van der Waals surface area contributed by atoms with Gasteiger partial charge in [0.15, 0.2) is 0 Å². The highest BCUT2D eigenvalue weighted by atomic mass is 35.5. The summed E-state index contributed by atoms with van der Waals surface area (Å²) < 4.78 is 7.75. The first-order valence-electron chi connectivity index (χ1n) is 7.07. The molecule has 0 spiro atoms. The molecule has 3 nitrogen and oxygen atoms in total. The second-order valence-electron chi connectivity index (χ2n) is 5.46. The lowest BCUT2D eigenvalue weighted by atomic mass is 10.1. The number of aromatic nitrogens is 1. The van der Waals surface area contributed by atoms with Gasteiger partial charge in [0, 0.05) is 40.8 Å². The molecule has 20 heavy (non-hydrogen) atoms. The van der Waals surface area contributed by atoms with Crippen molar-refractivity contribution in [2.24, 2.45) is 5.92 Å². The van der Waals surface area contributed by atoms with Crippen LogP contribution < -0.4 is 0 Å². The number of aliphatic hydroxyl groups excluding tert-OH is 1. The average molecular weight is 296 g/mol. The third kappa shape index (κ3) is 3.75. The van der Waals surface area contributed by atoms with Gasteiger partial charge in [-0.1, -0.05) is 31.5 Å². The van der Waals surface area contributed by atoms with Crippen molar-refractivity contribution in [1.29, 1.82) is 0 Å². The van der Waals surface area contributed by atoms with Gasteiger partial charge in [0.05, 0.1) is 13.2 Å². The molecule has 2 rings (SSSR count). The Hall–Kier alpha value is -1.03. The number of rotatable bonds is 7. The van der Waals surface area contributed by atoms with E-state index < -0.39 is 0 Å². The van der Waals surface area contributed by atoms with Crippen LogP contribution >= 0.6 is 11.6 Å². The lowest BCUT2D eigenvalue weighted by Crippen LogP contribution is -2.07. The molecule has 110 valence electrons. The monoisotopic (exact) mass is 295 g/mol. The number of halogens is 1. The zero-order chi connectivity index (χ0) is 14.5. The van der Waals surface area contributed by atoms with Crippen molar-refractivity contribution in [1.82, 2.24) is 4.57 Å². The Balaban J connectivity index is 2.04. The number of hydrogen-bond acceptors (Lipinski definition) is 2. The quantitative estimate of drug-likeness (QED) is 0.787. The molecule has 1 heterocycles. The summed E-state index contributed by atoms with van der Waals surface area (Å²) in [5.74, 6) is 0.669. The number of benzene rings is 1. The van der Waals surface area contributed by atoms with E-state index >= 15 is 0 Å². The molecule has 0 fully saturated rings. The maximum absolute atomic E-state index is 9.41.